The molecule has 3 aromatic carbocycles. The van der Waals surface area contributed by atoms with Gasteiger partial charge >= 0.3 is 0 Å². The first-order valence-electron chi connectivity index (χ1n) is 5.82. The molecular weight excluding hydrogens is 354 g/mol. The number of fused-ring (bicyclic) bond motifs is 1. The van der Waals surface area contributed by atoms with Crippen LogP contribution in [0.15, 0.2) is 54.6 Å². The van der Waals surface area contributed by atoms with Crippen molar-refractivity contribution in [3.63, 3.8) is 0 Å². The molecule has 0 radical (unpaired) electrons. The molecule has 0 fully saturated rings. The number of phenolic OH excluding ortho intramolecular Hbond substituents is 1. The second-order valence-corrected chi connectivity index (χ2v) is 5.58. The van der Waals surface area contributed by atoms with Crippen LogP contribution in [0, 0.1) is 9.39 Å². The zero-order valence-corrected chi connectivity index (χ0v) is 12.1. The number of phenols is 1. The number of aromatic hydroxyl groups is 1. The number of benzene rings is 3. The normalized spacial score (nSPS) is 10.8. The van der Waals surface area contributed by atoms with Crippen molar-refractivity contribution in [1.29, 1.82) is 0 Å². The van der Waals surface area contributed by atoms with Crippen LogP contribution in [0.3, 0.4) is 0 Å². The highest BCUT2D eigenvalue weighted by Gasteiger charge is 2.09. The summed E-state index contributed by atoms with van der Waals surface area (Å²) in [6.07, 6.45) is 0. The number of halogens is 2. The summed E-state index contributed by atoms with van der Waals surface area (Å²) in [7, 11) is 0. The van der Waals surface area contributed by atoms with Crippen molar-refractivity contribution in [3.8, 4) is 16.9 Å². The molecule has 0 aromatic heterocycles. The maximum atomic E-state index is 13.0. The Morgan fingerprint density at radius 1 is 0.895 bits per heavy atom. The first kappa shape index (κ1) is 12.4. The van der Waals surface area contributed by atoms with Crippen LogP contribution in [-0.2, 0) is 0 Å². The highest BCUT2D eigenvalue weighted by molar-refractivity contribution is 14.1. The minimum Gasteiger partial charge on any atom is -0.507 e. The maximum absolute atomic E-state index is 13.0. The van der Waals surface area contributed by atoms with Crippen molar-refractivity contribution in [3.05, 3.63) is 64.0 Å². The summed E-state index contributed by atoms with van der Waals surface area (Å²) in [5.41, 5.74) is 1.56. The molecule has 1 N–H and O–H groups in total. The largest absolute Gasteiger partial charge is 0.507 e. The zero-order valence-electron chi connectivity index (χ0n) is 9.90. The third-order valence-corrected chi connectivity index (χ3v) is 3.76. The smallest absolute Gasteiger partial charge is 0.124 e. The fourth-order valence-corrected chi connectivity index (χ4v) is 2.72. The number of hydrogen-bond donors (Lipinski definition) is 1. The van der Waals surface area contributed by atoms with Crippen LogP contribution >= 0.6 is 22.6 Å². The van der Waals surface area contributed by atoms with Crippen molar-refractivity contribution in [1.82, 2.24) is 0 Å². The lowest BCUT2D eigenvalue weighted by atomic mass is 9.97. The van der Waals surface area contributed by atoms with Crippen LogP contribution in [0.4, 0.5) is 4.39 Å². The summed E-state index contributed by atoms with van der Waals surface area (Å²) >= 11 is 2.26. The van der Waals surface area contributed by atoms with Crippen molar-refractivity contribution in [2.45, 2.75) is 0 Å². The minimum atomic E-state index is -0.280. The molecule has 0 saturated carbocycles. The molecule has 0 spiro atoms. The maximum Gasteiger partial charge on any atom is 0.124 e. The Hall–Kier alpha value is -1.62. The van der Waals surface area contributed by atoms with Gasteiger partial charge in [0.15, 0.2) is 0 Å². The fourth-order valence-electron chi connectivity index (χ4n) is 2.21. The van der Waals surface area contributed by atoms with Crippen LogP contribution in [0.1, 0.15) is 0 Å². The molecular formula is C16H10FIO. The highest BCUT2D eigenvalue weighted by Crippen LogP contribution is 2.36. The average Bonchev–Trinajstić information content (AvgIpc) is 2.40. The molecule has 0 aliphatic rings. The topological polar surface area (TPSA) is 20.2 Å². The van der Waals surface area contributed by atoms with Gasteiger partial charge in [0.1, 0.15) is 11.6 Å². The van der Waals surface area contributed by atoms with Crippen molar-refractivity contribution >= 4 is 33.4 Å². The Morgan fingerprint density at radius 2 is 1.63 bits per heavy atom. The van der Waals surface area contributed by atoms with E-state index in [1.54, 1.807) is 18.2 Å². The molecule has 3 rings (SSSR count). The summed E-state index contributed by atoms with van der Waals surface area (Å²) < 4.78 is 14.1. The third-order valence-electron chi connectivity index (χ3n) is 3.09. The van der Waals surface area contributed by atoms with E-state index in [1.807, 2.05) is 18.2 Å². The molecule has 1 nitrogen and oxygen atoms in total. The molecule has 0 aliphatic carbocycles. The molecule has 94 valence electrons. The van der Waals surface area contributed by atoms with E-state index in [0.717, 1.165) is 25.5 Å². The van der Waals surface area contributed by atoms with Gasteiger partial charge in [0.25, 0.3) is 0 Å². The second-order valence-electron chi connectivity index (χ2n) is 4.33. The van der Waals surface area contributed by atoms with Crippen LogP contribution in [0.5, 0.6) is 5.75 Å². The molecule has 0 heterocycles. The average molecular weight is 364 g/mol. The first-order valence-corrected chi connectivity index (χ1v) is 6.90. The lowest BCUT2D eigenvalue weighted by Crippen LogP contribution is -1.84. The molecule has 0 unspecified atom stereocenters. The molecule has 0 amide bonds. The van der Waals surface area contributed by atoms with Crippen LogP contribution in [-0.4, -0.2) is 5.11 Å². The summed E-state index contributed by atoms with van der Waals surface area (Å²) in [5.74, 6) is -0.0710. The lowest BCUT2D eigenvalue weighted by molar-refractivity contribution is 0.478. The van der Waals surface area contributed by atoms with Gasteiger partial charge in [0.2, 0.25) is 0 Å². The van der Waals surface area contributed by atoms with Crippen LogP contribution in [0.2, 0.25) is 0 Å². The summed E-state index contributed by atoms with van der Waals surface area (Å²) in [6, 6.07) is 15.8. The second kappa shape index (κ2) is 4.81. The standard InChI is InChI=1S/C16H10FIO/c17-12-4-1-10(2-5-12)16-14-7-6-13(18)9-11(14)3-8-15(16)19/h1-9,19H. The summed E-state index contributed by atoms with van der Waals surface area (Å²) in [4.78, 5) is 0. The van der Waals surface area contributed by atoms with E-state index in [9.17, 15) is 9.50 Å². The Morgan fingerprint density at radius 3 is 2.37 bits per heavy atom. The third kappa shape index (κ3) is 2.30. The van der Waals surface area contributed by atoms with Crippen molar-refractivity contribution in [2.75, 3.05) is 0 Å². The van der Waals surface area contributed by atoms with E-state index < -0.39 is 0 Å². The summed E-state index contributed by atoms with van der Waals surface area (Å²) in [5, 5.41) is 12.1. The molecule has 0 aliphatic heterocycles. The van der Waals surface area contributed by atoms with Gasteiger partial charge in [0, 0.05) is 9.13 Å². The Balaban J connectivity index is 2.32. The number of rotatable bonds is 1. The predicted octanol–water partition coefficient (Wildman–Crippen LogP) is 4.96. The molecule has 3 aromatic rings. The first-order chi connectivity index (χ1) is 9.15. The van der Waals surface area contributed by atoms with Gasteiger partial charge < -0.3 is 5.11 Å². The van der Waals surface area contributed by atoms with Gasteiger partial charge in [-0.1, -0.05) is 24.3 Å². The molecule has 0 bridgehead atoms. The van der Waals surface area contributed by atoms with Gasteiger partial charge in [0.05, 0.1) is 0 Å². The minimum absolute atomic E-state index is 0.209. The van der Waals surface area contributed by atoms with Crippen molar-refractivity contribution in [2.24, 2.45) is 0 Å². The van der Waals surface area contributed by atoms with Crippen LogP contribution in [0.25, 0.3) is 21.9 Å². The van der Waals surface area contributed by atoms with Gasteiger partial charge in [-0.15, -0.1) is 0 Å². The Bertz CT molecular complexity index is 751. The van der Waals surface area contributed by atoms with E-state index >= 15 is 0 Å². The molecule has 0 atom stereocenters. The predicted molar refractivity (Wildman–Crippen MR) is 83.7 cm³/mol. The van der Waals surface area contributed by atoms with E-state index in [1.165, 1.54) is 12.1 Å². The Labute approximate surface area is 123 Å². The van der Waals surface area contributed by atoms with Crippen LogP contribution < -0.4 is 0 Å². The van der Waals surface area contributed by atoms with Gasteiger partial charge in [-0.3, -0.25) is 0 Å². The number of hydrogen-bond acceptors (Lipinski definition) is 1. The highest BCUT2D eigenvalue weighted by atomic mass is 127. The van der Waals surface area contributed by atoms with E-state index in [4.69, 9.17) is 0 Å². The molecule has 0 saturated heterocycles. The van der Waals surface area contributed by atoms with E-state index in [2.05, 4.69) is 28.7 Å². The van der Waals surface area contributed by atoms with Gasteiger partial charge in [-0.2, -0.15) is 0 Å². The Kier molecular flexibility index (Phi) is 3.14. The quantitative estimate of drug-likeness (QED) is 0.606. The monoisotopic (exact) mass is 364 g/mol. The lowest BCUT2D eigenvalue weighted by Gasteiger charge is -2.10. The van der Waals surface area contributed by atoms with E-state index in [-0.39, 0.29) is 11.6 Å². The van der Waals surface area contributed by atoms with E-state index in [0.29, 0.717) is 0 Å². The zero-order chi connectivity index (χ0) is 13.4. The fraction of sp³-hybridized carbons (Fsp3) is 0. The SMILES string of the molecule is Oc1ccc2cc(I)ccc2c1-c1ccc(F)cc1. The van der Waals surface area contributed by atoms with Gasteiger partial charge in [-0.25, -0.2) is 4.39 Å². The molecule has 19 heavy (non-hydrogen) atoms. The molecule has 3 heteroatoms. The van der Waals surface area contributed by atoms with Gasteiger partial charge in [-0.05, 0) is 69.3 Å². The van der Waals surface area contributed by atoms with Crippen molar-refractivity contribution < 1.29 is 9.50 Å². The summed E-state index contributed by atoms with van der Waals surface area (Å²) in [6.45, 7) is 0.